The van der Waals surface area contributed by atoms with Crippen molar-refractivity contribution in [1.82, 2.24) is 4.57 Å². The van der Waals surface area contributed by atoms with Gasteiger partial charge in [0, 0.05) is 6.20 Å². The van der Waals surface area contributed by atoms with E-state index in [1.807, 2.05) is 85.1 Å². The molecule has 0 radical (unpaired) electrons. The zero-order valence-electron chi connectivity index (χ0n) is 12.5. The van der Waals surface area contributed by atoms with Crippen molar-refractivity contribution in [2.24, 2.45) is 0 Å². The van der Waals surface area contributed by atoms with Crippen LogP contribution in [0.3, 0.4) is 0 Å². The summed E-state index contributed by atoms with van der Waals surface area (Å²) in [6.45, 7) is 0.570. The van der Waals surface area contributed by atoms with E-state index >= 15 is 0 Å². The van der Waals surface area contributed by atoms with Crippen LogP contribution < -0.4 is 5.56 Å². The number of nitrogens with zero attached hydrogens (tertiary/aromatic N) is 1. The van der Waals surface area contributed by atoms with Gasteiger partial charge in [-0.3, -0.25) is 4.79 Å². The molecule has 3 heteroatoms. The van der Waals surface area contributed by atoms with Crippen LogP contribution in [0.4, 0.5) is 0 Å². The third-order valence-electron chi connectivity index (χ3n) is 3.59. The Bertz CT molecular complexity index is 867. The average Bonchev–Trinajstić information content (AvgIpc) is 2.60. The fourth-order valence-electron chi connectivity index (χ4n) is 2.34. The molecule has 0 spiro atoms. The molecule has 23 heavy (non-hydrogen) atoms. The summed E-state index contributed by atoms with van der Waals surface area (Å²) in [6.07, 6.45) is 5.79. The van der Waals surface area contributed by atoms with Crippen LogP contribution in [0.2, 0.25) is 0 Å². The Morgan fingerprint density at radius 1 is 0.870 bits per heavy atom. The SMILES string of the molecule is O=c1c(Br)c(C=Cc2ccccc2)ccn1Cc1ccccc1. The molecule has 2 aromatic carbocycles. The lowest BCUT2D eigenvalue weighted by Gasteiger charge is -2.08. The maximum Gasteiger partial charge on any atom is 0.265 e. The molecule has 0 amide bonds. The quantitative estimate of drug-likeness (QED) is 0.648. The number of halogens is 1. The van der Waals surface area contributed by atoms with Gasteiger partial charge in [-0.25, -0.2) is 0 Å². The van der Waals surface area contributed by atoms with Crippen molar-refractivity contribution in [3.63, 3.8) is 0 Å². The van der Waals surface area contributed by atoms with E-state index in [-0.39, 0.29) is 5.56 Å². The molecule has 0 atom stereocenters. The van der Waals surface area contributed by atoms with Crippen LogP contribution in [0.15, 0.2) is 82.2 Å². The molecule has 0 aliphatic heterocycles. The summed E-state index contributed by atoms with van der Waals surface area (Å²) in [6, 6.07) is 21.9. The minimum Gasteiger partial charge on any atom is -0.310 e. The van der Waals surface area contributed by atoms with Crippen LogP contribution in [-0.4, -0.2) is 4.57 Å². The minimum absolute atomic E-state index is 0.0240. The van der Waals surface area contributed by atoms with Gasteiger partial charge >= 0.3 is 0 Å². The fourth-order valence-corrected chi connectivity index (χ4v) is 2.84. The van der Waals surface area contributed by atoms with Crippen molar-refractivity contribution >= 4 is 28.1 Å². The van der Waals surface area contributed by atoms with E-state index in [4.69, 9.17) is 0 Å². The van der Waals surface area contributed by atoms with Crippen molar-refractivity contribution in [1.29, 1.82) is 0 Å². The standard InChI is InChI=1S/C20H16BrNO/c21-19-18(12-11-16-7-3-1-4-8-16)13-14-22(20(19)23)15-17-9-5-2-6-10-17/h1-14H,15H2. The topological polar surface area (TPSA) is 22.0 Å². The second-order valence-corrected chi connectivity index (χ2v) is 6.04. The molecule has 1 heterocycles. The molecule has 0 bridgehead atoms. The van der Waals surface area contributed by atoms with Crippen LogP contribution in [0.25, 0.3) is 12.2 Å². The maximum absolute atomic E-state index is 12.5. The number of hydrogen-bond acceptors (Lipinski definition) is 1. The Morgan fingerprint density at radius 3 is 2.22 bits per heavy atom. The first-order valence-electron chi connectivity index (χ1n) is 7.40. The first-order valence-corrected chi connectivity index (χ1v) is 8.19. The molecule has 114 valence electrons. The van der Waals surface area contributed by atoms with Gasteiger partial charge in [0.2, 0.25) is 0 Å². The number of pyridine rings is 1. The second kappa shape index (κ2) is 7.25. The van der Waals surface area contributed by atoms with E-state index in [1.165, 1.54) is 0 Å². The maximum atomic E-state index is 12.5. The highest BCUT2D eigenvalue weighted by Gasteiger charge is 2.05. The highest BCUT2D eigenvalue weighted by molar-refractivity contribution is 9.10. The first-order chi connectivity index (χ1) is 11.2. The zero-order chi connectivity index (χ0) is 16.1. The predicted octanol–water partition coefficient (Wildman–Crippen LogP) is 4.83. The summed E-state index contributed by atoms with van der Waals surface area (Å²) in [5.41, 5.74) is 3.06. The number of benzene rings is 2. The second-order valence-electron chi connectivity index (χ2n) is 5.25. The minimum atomic E-state index is -0.0240. The van der Waals surface area contributed by atoms with E-state index < -0.39 is 0 Å². The Kier molecular flexibility index (Phi) is 4.89. The van der Waals surface area contributed by atoms with Crippen molar-refractivity contribution in [3.8, 4) is 0 Å². The zero-order valence-corrected chi connectivity index (χ0v) is 14.1. The molecule has 0 unspecified atom stereocenters. The molecule has 0 fully saturated rings. The highest BCUT2D eigenvalue weighted by Crippen LogP contribution is 2.15. The average molecular weight is 366 g/mol. The summed E-state index contributed by atoms with van der Waals surface area (Å²) in [7, 11) is 0. The number of hydrogen-bond donors (Lipinski definition) is 0. The number of aromatic nitrogens is 1. The molecule has 3 rings (SSSR count). The van der Waals surface area contributed by atoms with Gasteiger partial charge < -0.3 is 4.57 Å². The number of rotatable bonds is 4. The molecule has 0 N–H and O–H groups in total. The fraction of sp³-hybridized carbons (Fsp3) is 0.0500. The smallest absolute Gasteiger partial charge is 0.265 e. The van der Waals surface area contributed by atoms with Gasteiger partial charge in [-0.1, -0.05) is 72.8 Å². The van der Waals surface area contributed by atoms with E-state index in [9.17, 15) is 4.79 Å². The van der Waals surface area contributed by atoms with E-state index in [1.54, 1.807) is 4.57 Å². The Morgan fingerprint density at radius 2 is 1.52 bits per heavy atom. The van der Waals surface area contributed by atoms with Crippen molar-refractivity contribution in [3.05, 3.63) is 104 Å². The molecular weight excluding hydrogens is 350 g/mol. The predicted molar refractivity (Wildman–Crippen MR) is 99.3 cm³/mol. The van der Waals surface area contributed by atoms with Gasteiger partial charge in [-0.05, 0) is 38.7 Å². The molecular formula is C20H16BrNO. The summed E-state index contributed by atoms with van der Waals surface area (Å²) < 4.78 is 2.29. The molecule has 0 aliphatic rings. The highest BCUT2D eigenvalue weighted by atomic mass is 79.9. The Hall–Kier alpha value is -2.39. The van der Waals surface area contributed by atoms with Gasteiger partial charge in [0.05, 0.1) is 11.0 Å². The molecule has 2 nitrogen and oxygen atoms in total. The summed E-state index contributed by atoms with van der Waals surface area (Å²) >= 11 is 3.43. The summed E-state index contributed by atoms with van der Waals surface area (Å²) in [5, 5.41) is 0. The lowest BCUT2D eigenvalue weighted by molar-refractivity contribution is 0.754. The summed E-state index contributed by atoms with van der Waals surface area (Å²) in [4.78, 5) is 12.5. The monoisotopic (exact) mass is 365 g/mol. The Balaban J connectivity index is 1.86. The van der Waals surface area contributed by atoms with Gasteiger partial charge in [-0.15, -0.1) is 0 Å². The van der Waals surface area contributed by atoms with E-state index in [0.717, 1.165) is 16.7 Å². The Labute approximate surface area is 143 Å². The van der Waals surface area contributed by atoms with E-state index in [0.29, 0.717) is 11.0 Å². The summed E-state index contributed by atoms with van der Waals surface area (Å²) in [5.74, 6) is 0. The lowest BCUT2D eigenvalue weighted by atomic mass is 10.1. The van der Waals surface area contributed by atoms with Gasteiger partial charge in [0.15, 0.2) is 0 Å². The molecule has 0 saturated carbocycles. The third kappa shape index (κ3) is 3.88. The molecule has 3 aromatic rings. The van der Waals surface area contributed by atoms with Crippen LogP contribution in [0.5, 0.6) is 0 Å². The van der Waals surface area contributed by atoms with Gasteiger partial charge in [0.1, 0.15) is 0 Å². The normalized spacial score (nSPS) is 11.0. The van der Waals surface area contributed by atoms with Crippen LogP contribution >= 0.6 is 15.9 Å². The van der Waals surface area contributed by atoms with E-state index in [2.05, 4.69) is 15.9 Å². The molecule has 1 aromatic heterocycles. The van der Waals surface area contributed by atoms with Crippen molar-refractivity contribution in [2.75, 3.05) is 0 Å². The molecule has 0 aliphatic carbocycles. The van der Waals surface area contributed by atoms with Gasteiger partial charge in [0.25, 0.3) is 5.56 Å². The van der Waals surface area contributed by atoms with Crippen molar-refractivity contribution in [2.45, 2.75) is 6.54 Å². The first kappa shape index (κ1) is 15.5. The lowest BCUT2D eigenvalue weighted by Crippen LogP contribution is -2.21. The van der Waals surface area contributed by atoms with Crippen LogP contribution in [0.1, 0.15) is 16.7 Å². The van der Waals surface area contributed by atoms with Crippen LogP contribution in [0, 0.1) is 0 Å². The van der Waals surface area contributed by atoms with Crippen LogP contribution in [-0.2, 0) is 6.54 Å². The molecule has 0 saturated heterocycles. The largest absolute Gasteiger partial charge is 0.310 e. The van der Waals surface area contributed by atoms with Gasteiger partial charge in [-0.2, -0.15) is 0 Å². The van der Waals surface area contributed by atoms with Crippen molar-refractivity contribution < 1.29 is 0 Å². The third-order valence-corrected chi connectivity index (χ3v) is 4.38.